The fourth-order valence-corrected chi connectivity index (χ4v) is 5.37. The first kappa shape index (κ1) is 25.5. The number of anilines is 1. The number of carbonyl (C=O) groups excluding carboxylic acids is 1. The minimum atomic E-state index is -4.21. The van der Waals surface area contributed by atoms with E-state index >= 15 is 0 Å². The van der Waals surface area contributed by atoms with Crippen LogP contribution in [-0.2, 0) is 21.4 Å². The summed E-state index contributed by atoms with van der Waals surface area (Å²) < 4.78 is 56.1. The number of ether oxygens (including phenoxy) is 2. The average molecular weight is 514 g/mol. The lowest BCUT2D eigenvalue weighted by Gasteiger charge is -2.24. The van der Waals surface area contributed by atoms with Crippen molar-refractivity contribution in [3.8, 4) is 11.4 Å². The summed E-state index contributed by atoms with van der Waals surface area (Å²) in [5.41, 5.74) is 1.63. The largest absolute Gasteiger partial charge is 0.484 e. The monoisotopic (exact) mass is 513 g/mol. The molecular formula is C26H28FN3O5S. The van der Waals surface area contributed by atoms with Gasteiger partial charge in [0.2, 0.25) is 0 Å². The van der Waals surface area contributed by atoms with Crippen LogP contribution in [-0.4, -0.2) is 50.6 Å². The summed E-state index contributed by atoms with van der Waals surface area (Å²) in [4.78, 5) is 14.8. The number of benzene rings is 2. The van der Waals surface area contributed by atoms with Crippen molar-refractivity contribution in [2.45, 2.75) is 25.3 Å². The van der Waals surface area contributed by atoms with E-state index in [0.29, 0.717) is 12.2 Å². The summed E-state index contributed by atoms with van der Waals surface area (Å²) in [5, 5.41) is 0. The molecule has 3 aromatic rings. The van der Waals surface area contributed by atoms with Gasteiger partial charge < -0.3 is 18.9 Å². The third-order valence-corrected chi connectivity index (χ3v) is 7.48. The molecule has 0 fully saturated rings. The lowest BCUT2D eigenvalue weighted by molar-refractivity contribution is 0.0596. The molecule has 190 valence electrons. The molecule has 0 spiro atoms. The number of nitrogens with one attached hydrogen (secondary N) is 1. The highest BCUT2D eigenvalue weighted by atomic mass is 32.2. The van der Waals surface area contributed by atoms with E-state index in [2.05, 4.69) is 9.62 Å². The summed E-state index contributed by atoms with van der Waals surface area (Å²) in [5.74, 6) is -1.10. The number of carbonyl (C=O) groups is 1. The molecule has 36 heavy (non-hydrogen) atoms. The van der Waals surface area contributed by atoms with E-state index in [1.807, 2.05) is 36.7 Å². The molecule has 0 saturated carbocycles. The zero-order valence-electron chi connectivity index (χ0n) is 20.3. The van der Waals surface area contributed by atoms with Crippen LogP contribution < -0.4 is 9.46 Å². The van der Waals surface area contributed by atoms with E-state index in [0.717, 1.165) is 30.9 Å². The van der Waals surface area contributed by atoms with E-state index in [9.17, 15) is 17.6 Å². The standard InChI is InChI=1S/C26H28FN3O5S/c1-4-29(5-2)14-6-8-18-16-19(27)10-13-23(18)36(32,33)28-21-11-12-22-25(24(21)26(31)34-3)35-17-20-9-7-15-30(20)22/h6-13,15-16,28H,4-5,14,17H2,1-3H3. The maximum absolute atomic E-state index is 14.0. The molecule has 0 aliphatic carbocycles. The van der Waals surface area contributed by atoms with Gasteiger partial charge in [-0.1, -0.05) is 26.0 Å². The van der Waals surface area contributed by atoms with Crippen molar-refractivity contribution in [3.63, 3.8) is 0 Å². The van der Waals surface area contributed by atoms with Crippen LogP contribution >= 0.6 is 0 Å². The number of fused-ring (bicyclic) bond motifs is 3. The zero-order valence-corrected chi connectivity index (χ0v) is 21.1. The summed E-state index contributed by atoms with van der Waals surface area (Å²) in [6, 6.07) is 10.3. The third-order valence-electron chi connectivity index (χ3n) is 6.04. The van der Waals surface area contributed by atoms with Gasteiger partial charge in [-0.15, -0.1) is 0 Å². The number of aromatic nitrogens is 1. The molecule has 0 atom stereocenters. The molecule has 4 rings (SSSR count). The normalized spacial score (nSPS) is 12.8. The molecule has 10 heteroatoms. The second-order valence-electron chi connectivity index (χ2n) is 8.16. The van der Waals surface area contributed by atoms with Crippen LogP contribution in [0, 0.1) is 5.82 Å². The van der Waals surface area contributed by atoms with Crippen LogP contribution in [0.4, 0.5) is 10.1 Å². The predicted octanol–water partition coefficient (Wildman–Crippen LogP) is 4.45. The van der Waals surface area contributed by atoms with Gasteiger partial charge in [0.25, 0.3) is 10.0 Å². The highest BCUT2D eigenvalue weighted by Crippen LogP contribution is 2.39. The minimum Gasteiger partial charge on any atom is -0.484 e. The molecule has 8 nitrogen and oxygen atoms in total. The Morgan fingerprint density at radius 1 is 1.22 bits per heavy atom. The molecule has 2 heterocycles. The summed E-state index contributed by atoms with van der Waals surface area (Å²) >= 11 is 0. The summed E-state index contributed by atoms with van der Waals surface area (Å²) in [6.45, 7) is 6.51. The average Bonchev–Trinajstić information content (AvgIpc) is 3.35. The lowest BCUT2D eigenvalue weighted by atomic mass is 10.1. The Kier molecular flexibility index (Phi) is 7.46. The number of methoxy groups -OCH3 is 1. The molecule has 0 radical (unpaired) electrons. The Labute approximate surface area is 210 Å². The van der Waals surface area contributed by atoms with Gasteiger partial charge >= 0.3 is 5.97 Å². The quantitative estimate of drug-likeness (QED) is 0.425. The van der Waals surface area contributed by atoms with Gasteiger partial charge in [-0.2, -0.15) is 0 Å². The van der Waals surface area contributed by atoms with E-state index in [-0.39, 0.29) is 34.1 Å². The van der Waals surface area contributed by atoms with Crippen LogP contribution in [0.3, 0.4) is 0 Å². The smallest absolute Gasteiger partial charge is 0.343 e. The summed E-state index contributed by atoms with van der Waals surface area (Å²) in [7, 11) is -3.00. The first-order valence-electron chi connectivity index (χ1n) is 11.5. The number of halogens is 1. The van der Waals surface area contributed by atoms with Crippen LogP contribution in [0.5, 0.6) is 5.75 Å². The number of hydrogen-bond acceptors (Lipinski definition) is 6. The molecule has 0 saturated heterocycles. The number of likely N-dealkylation sites (N-methyl/N-ethyl adjacent to an activating group) is 1. The molecule has 1 N–H and O–H groups in total. The number of esters is 1. The van der Waals surface area contributed by atoms with E-state index in [1.165, 1.54) is 19.2 Å². The molecule has 0 bridgehead atoms. The molecule has 2 aromatic carbocycles. The second kappa shape index (κ2) is 10.5. The maximum Gasteiger partial charge on any atom is 0.343 e. The third kappa shape index (κ3) is 5.00. The van der Waals surface area contributed by atoms with E-state index in [4.69, 9.17) is 9.47 Å². The lowest BCUT2D eigenvalue weighted by Crippen LogP contribution is -2.22. The van der Waals surface area contributed by atoms with Gasteiger partial charge in [-0.25, -0.2) is 17.6 Å². The Bertz CT molecular complexity index is 1410. The molecular weight excluding hydrogens is 485 g/mol. The highest BCUT2D eigenvalue weighted by Gasteiger charge is 2.29. The van der Waals surface area contributed by atoms with Crippen LogP contribution in [0.15, 0.2) is 59.6 Å². The molecule has 1 aliphatic rings. The van der Waals surface area contributed by atoms with Crippen molar-refractivity contribution in [2.75, 3.05) is 31.5 Å². The number of hydrogen-bond donors (Lipinski definition) is 1. The predicted molar refractivity (Wildman–Crippen MR) is 135 cm³/mol. The van der Waals surface area contributed by atoms with Gasteiger partial charge in [0.1, 0.15) is 18.0 Å². The molecule has 1 aliphatic heterocycles. The van der Waals surface area contributed by atoms with E-state index < -0.39 is 21.8 Å². The van der Waals surface area contributed by atoms with Crippen molar-refractivity contribution < 1.29 is 27.1 Å². The molecule has 0 unspecified atom stereocenters. The Hall–Kier alpha value is -3.63. The zero-order chi connectivity index (χ0) is 25.9. The van der Waals surface area contributed by atoms with Crippen molar-refractivity contribution >= 4 is 27.8 Å². The fraction of sp³-hybridized carbons (Fsp3) is 0.269. The van der Waals surface area contributed by atoms with Crippen LogP contribution in [0.25, 0.3) is 11.8 Å². The van der Waals surface area contributed by atoms with Crippen molar-refractivity contribution in [1.29, 1.82) is 0 Å². The summed E-state index contributed by atoms with van der Waals surface area (Å²) in [6.07, 6.45) is 5.21. The maximum atomic E-state index is 14.0. The van der Waals surface area contributed by atoms with Gasteiger partial charge in [-0.3, -0.25) is 4.72 Å². The Morgan fingerprint density at radius 2 is 2.00 bits per heavy atom. The molecule has 0 amide bonds. The Morgan fingerprint density at radius 3 is 2.72 bits per heavy atom. The number of nitrogens with zero attached hydrogens (tertiary/aromatic N) is 2. The van der Waals surface area contributed by atoms with Gasteiger partial charge in [-0.05, 0) is 61.1 Å². The van der Waals surface area contributed by atoms with Crippen LogP contribution in [0.1, 0.15) is 35.5 Å². The van der Waals surface area contributed by atoms with Crippen LogP contribution in [0.2, 0.25) is 0 Å². The van der Waals surface area contributed by atoms with Gasteiger partial charge in [0, 0.05) is 12.7 Å². The number of sulfonamides is 1. The van der Waals surface area contributed by atoms with Crippen molar-refractivity contribution in [2.24, 2.45) is 0 Å². The first-order valence-corrected chi connectivity index (χ1v) is 13.0. The van der Waals surface area contributed by atoms with Crippen molar-refractivity contribution in [1.82, 2.24) is 9.47 Å². The highest BCUT2D eigenvalue weighted by molar-refractivity contribution is 7.92. The van der Waals surface area contributed by atoms with Gasteiger partial charge in [0.05, 0.1) is 29.1 Å². The first-order chi connectivity index (χ1) is 17.3. The van der Waals surface area contributed by atoms with Gasteiger partial charge in [0.15, 0.2) is 5.75 Å². The van der Waals surface area contributed by atoms with E-state index in [1.54, 1.807) is 18.2 Å². The minimum absolute atomic E-state index is 0.00129. The fourth-order valence-electron chi connectivity index (χ4n) is 4.12. The van der Waals surface area contributed by atoms with Crippen molar-refractivity contribution in [3.05, 3.63) is 77.4 Å². The SMILES string of the molecule is CCN(CC)CC=Cc1cc(F)ccc1S(=O)(=O)Nc1ccc2c(c1C(=O)OC)OCc1cccn1-2. The second-order valence-corrected chi connectivity index (χ2v) is 9.81. The topological polar surface area (TPSA) is 89.9 Å². The number of rotatable bonds is 9. The Balaban J connectivity index is 1.73. The molecule has 1 aromatic heterocycles.